The third-order valence-electron chi connectivity index (χ3n) is 6.99. The molecule has 3 amide bonds. The number of Topliss-reactive ketones (excluding diaryl/α,β-unsaturated/α-hetero) is 1. The van der Waals surface area contributed by atoms with Crippen molar-refractivity contribution in [1.29, 1.82) is 0 Å². The molecule has 0 spiro atoms. The van der Waals surface area contributed by atoms with E-state index in [1.165, 1.54) is 30.3 Å². The van der Waals surface area contributed by atoms with Crippen molar-refractivity contribution in [2.45, 2.75) is 14.1 Å². The van der Waals surface area contributed by atoms with Gasteiger partial charge in [0, 0.05) is 11.1 Å². The molecule has 204 valence electrons. The van der Waals surface area contributed by atoms with Crippen LogP contribution in [0.2, 0.25) is 10.0 Å². The van der Waals surface area contributed by atoms with Crippen LogP contribution in [0.5, 0.6) is 0 Å². The number of hydrazine groups is 1. The number of halogens is 9. The fourth-order valence-electron chi connectivity index (χ4n) is 5.09. The van der Waals surface area contributed by atoms with Crippen molar-refractivity contribution in [3.05, 3.63) is 79.5 Å². The van der Waals surface area contributed by atoms with Crippen molar-refractivity contribution in [2.75, 3.05) is 6.54 Å². The topological polar surface area (TPSA) is 74.8 Å². The fourth-order valence-corrected chi connectivity index (χ4v) is 8.32. The van der Waals surface area contributed by atoms with Crippen molar-refractivity contribution in [3.8, 4) is 0 Å². The first-order valence-corrected chi connectivity index (χ1v) is 13.9. The molecular formula is C24H11Cl8FN2O4. The SMILES string of the molecule is O=C(CN(C(=O)c1ccc(Cl)c(Cl)c1)N1C(=O)[C@@H]2[C@@H](C1=O)[C@@]1(Cl)C(Cl)=C(Cl)[C@@]2(Cl)C1(Cl)Cl)c1ccc(F)cc1. The first-order chi connectivity index (χ1) is 18.1. The molecule has 6 nitrogen and oxygen atoms in total. The Bertz CT molecular complexity index is 1470. The zero-order valence-electron chi connectivity index (χ0n) is 18.8. The molecule has 2 aliphatic carbocycles. The third-order valence-corrected chi connectivity index (χ3v) is 12.0. The van der Waals surface area contributed by atoms with Crippen LogP contribution in [0.25, 0.3) is 0 Å². The molecule has 3 aliphatic rings. The van der Waals surface area contributed by atoms with E-state index in [2.05, 4.69) is 0 Å². The summed E-state index contributed by atoms with van der Waals surface area (Å²) in [6.45, 7) is -0.825. The van der Waals surface area contributed by atoms with Crippen LogP contribution in [0.4, 0.5) is 4.39 Å². The molecule has 15 heteroatoms. The Labute approximate surface area is 260 Å². The lowest BCUT2D eigenvalue weighted by Crippen LogP contribution is -2.56. The molecule has 2 bridgehead atoms. The van der Waals surface area contributed by atoms with E-state index in [9.17, 15) is 23.6 Å². The Morgan fingerprint density at radius 1 is 0.795 bits per heavy atom. The molecule has 1 saturated heterocycles. The average Bonchev–Trinajstić information content (AvgIpc) is 3.27. The van der Waals surface area contributed by atoms with Gasteiger partial charge in [0.1, 0.15) is 22.1 Å². The Hall–Kier alpha value is -1.29. The number of hydrogen-bond acceptors (Lipinski definition) is 4. The normalized spacial score (nSPS) is 28.8. The number of fused-ring (bicyclic) bond motifs is 5. The van der Waals surface area contributed by atoms with Gasteiger partial charge in [-0.25, -0.2) is 9.40 Å². The molecule has 1 aliphatic heterocycles. The van der Waals surface area contributed by atoms with Crippen LogP contribution < -0.4 is 0 Å². The number of carbonyl (C=O) groups excluding carboxylic acids is 4. The van der Waals surface area contributed by atoms with Gasteiger partial charge >= 0.3 is 0 Å². The van der Waals surface area contributed by atoms with E-state index in [4.69, 9.17) is 92.8 Å². The van der Waals surface area contributed by atoms with E-state index >= 15 is 0 Å². The lowest BCUT2D eigenvalue weighted by atomic mass is 9.84. The minimum atomic E-state index is -2.19. The number of carbonyl (C=O) groups is 4. The summed E-state index contributed by atoms with van der Waals surface area (Å²) in [4.78, 5) is 50.3. The average molecular weight is 694 g/mol. The van der Waals surface area contributed by atoms with E-state index in [1.54, 1.807) is 0 Å². The summed E-state index contributed by atoms with van der Waals surface area (Å²) in [6.07, 6.45) is 0. The highest BCUT2D eigenvalue weighted by atomic mass is 35.5. The number of alkyl halides is 4. The Balaban J connectivity index is 1.60. The van der Waals surface area contributed by atoms with E-state index in [-0.39, 0.29) is 31.2 Å². The van der Waals surface area contributed by atoms with Crippen molar-refractivity contribution in [3.63, 3.8) is 0 Å². The summed E-state index contributed by atoms with van der Waals surface area (Å²) in [5, 5.41) is 0.557. The lowest BCUT2D eigenvalue weighted by molar-refractivity contribution is -0.154. The molecular weight excluding hydrogens is 683 g/mol. The number of ketones is 1. The van der Waals surface area contributed by atoms with Gasteiger partial charge in [-0.05, 0) is 42.5 Å². The van der Waals surface area contributed by atoms with Gasteiger partial charge in [-0.3, -0.25) is 19.2 Å². The van der Waals surface area contributed by atoms with Crippen LogP contribution in [0, 0.1) is 17.7 Å². The first-order valence-electron chi connectivity index (χ1n) is 10.9. The van der Waals surface area contributed by atoms with Gasteiger partial charge in [-0.2, -0.15) is 5.01 Å². The quantitative estimate of drug-likeness (QED) is 0.196. The summed E-state index contributed by atoms with van der Waals surface area (Å²) in [5.74, 6) is -7.48. The Morgan fingerprint density at radius 2 is 1.28 bits per heavy atom. The maximum absolute atomic E-state index is 13.9. The molecule has 2 aromatic carbocycles. The maximum Gasteiger partial charge on any atom is 0.273 e. The van der Waals surface area contributed by atoms with Gasteiger partial charge in [-0.1, -0.05) is 69.6 Å². The highest BCUT2D eigenvalue weighted by molar-refractivity contribution is 6.66. The number of allylic oxidation sites excluding steroid dienone is 2. The van der Waals surface area contributed by atoms with Crippen LogP contribution in [0.15, 0.2) is 52.5 Å². The lowest BCUT2D eigenvalue weighted by Gasteiger charge is -2.36. The number of rotatable bonds is 5. The minimum absolute atomic E-state index is 0.00128. The van der Waals surface area contributed by atoms with Crippen molar-refractivity contribution in [2.24, 2.45) is 11.8 Å². The fraction of sp³-hybridized carbons (Fsp3) is 0.250. The largest absolute Gasteiger partial charge is 0.292 e. The monoisotopic (exact) mass is 690 g/mol. The highest BCUT2D eigenvalue weighted by Gasteiger charge is 2.88. The molecule has 0 radical (unpaired) electrons. The van der Waals surface area contributed by atoms with Crippen LogP contribution in [0.1, 0.15) is 20.7 Å². The molecule has 0 N–H and O–H groups in total. The number of benzene rings is 2. The van der Waals surface area contributed by atoms with Crippen LogP contribution >= 0.6 is 92.8 Å². The van der Waals surface area contributed by atoms with E-state index in [0.29, 0.717) is 10.0 Å². The van der Waals surface area contributed by atoms with Crippen molar-refractivity contribution in [1.82, 2.24) is 10.0 Å². The van der Waals surface area contributed by atoms with Gasteiger partial charge in [0.2, 0.25) is 0 Å². The van der Waals surface area contributed by atoms with Crippen LogP contribution in [0.3, 0.4) is 0 Å². The predicted molar refractivity (Wildman–Crippen MR) is 147 cm³/mol. The van der Waals surface area contributed by atoms with Crippen molar-refractivity contribution >= 4 is 116 Å². The number of imide groups is 1. The second kappa shape index (κ2) is 9.63. The predicted octanol–water partition coefficient (Wildman–Crippen LogP) is 6.82. The number of nitrogens with zero attached hydrogens (tertiary/aromatic N) is 2. The molecule has 5 rings (SSSR count). The molecule has 0 aromatic heterocycles. The Morgan fingerprint density at radius 3 is 1.77 bits per heavy atom. The van der Waals surface area contributed by atoms with Crippen molar-refractivity contribution < 1.29 is 23.6 Å². The molecule has 39 heavy (non-hydrogen) atoms. The summed E-state index contributed by atoms with van der Waals surface area (Å²) in [6, 6.07) is 8.24. The summed E-state index contributed by atoms with van der Waals surface area (Å²) in [5.41, 5.74) is -0.116. The van der Waals surface area contributed by atoms with Gasteiger partial charge in [0.25, 0.3) is 17.7 Å². The van der Waals surface area contributed by atoms with Gasteiger partial charge in [-0.15, -0.1) is 23.2 Å². The molecule has 1 saturated carbocycles. The second-order valence-corrected chi connectivity index (χ2v) is 13.1. The first kappa shape index (κ1) is 29.2. The maximum atomic E-state index is 13.9. The summed E-state index contributed by atoms with van der Waals surface area (Å²) >= 11 is 51.2. The van der Waals surface area contributed by atoms with E-state index in [1.807, 2.05) is 0 Å². The van der Waals surface area contributed by atoms with Gasteiger partial charge in [0.05, 0.1) is 31.9 Å². The highest BCUT2D eigenvalue weighted by Crippen LogP contribution is 2.77. The Kier molecular flexibility index (Phi) is 7.22. The molecule has 2 fully saturated rings. The van der Waals surface area contributed by atoms with Crippen LogP contribution in [-0.2, 0) is 9.59 Å². The number of hydrogen-bond donors (Lipinski definition) is 0. The van der Waals surface area contributed by atoms with E-state index < -0.39 is 61.8 Å². The molecule has 4 atom stereocenters. The molecule has 1 heterocycles. The third kappa shape index (κ3) is 3.81. The number of amides is 3. The zero-order valence-corrected chi connectivity index (χ0v) is 24.9. The second-order valence-electron chi connectivity index (χ2n) is 8.99. The summed E-state index contributed by atoms with van der Waals surface area (Å²) in [7, 11) is 0. The standard InChI is InChI=1S/C24H11Cl8FN2O4/c25-12-6-3-10(7-13(12)26)19(37)34(8-14(36)9-1-4-11(33)5-2-9)35-20(38)15-16(21(35)39)23(30)18(28)17(27)22(15,29)24(23,31)32/h1-7,15-16H,8H2/t15-,16-,22+,23+/m0/s1. The van der Waals surface area contributed by atoms with Gasteiger partial charge in [0.15, 0.2) is 10.1 Å². The summed E-state index contributed by atoms with van der Waals surface area (Å²) < 4.78 is 11.2. The van der Waals surface area contributed by atoms with E-state index in [0.717, 1.165) is 12.1 Å². The molecule has 0 unspecified atom stereocenters. The van der Waals surface area contributed by atoms with Crippen LogP contribution in [-0.4, -0.2) is 54.1 Å². The minimum Gasteiger partial charge on any atom is -0.292 e. The zero-order chi connectivity index (χ0) is 28.8. The smallest absolute Gasteiger partial charge is 0.273 e. The van der Waals surface area contributed by atoms with Gasteiger partial charge < -0.3 is 0 Å². The molecule has 2 aromatic rings.